The number of rotatable bonds is 10. The Morgan fingerprint density at radius 1 is 0.894 bits per heavy atom. The van der Waals surface area contributed by atoms with Crippen molar-refractivity contribution in [2.75, 3.05) is 44.6 Å². The van der Waals surface area contributed by atoms with E-state index in [4.69, 9.17) is 4.74 Å². The minimum Gasteiger partial charge on any atom is -0.359 e. The molecular formula is C38H49N5O4. The molecule has 4 heterocycles. The molecule has 1 saturated carbocycles. The Morgan fingerprint density at radius 2 is 1.64 bits per heavy atom. The molecule has 9 nitrogen and oxygen atoms in total. The first-order valence-corrected chi connectivity index (χ1v) is 17.7. The normalized spacial score (nSPS) is 29.3. The number of likely N-dealkylation sites (tertiary alicyclic amines) is 1. The molecule has 3 amide bonds. The molecule has 7 rings (SSSR count). The van der Waals surface area contributed by atoms with Crippen LogP contribution >= 0.6 is 0 Å². The maximum atomic E-state index is 14.4. The number of carbonyl (C=O) groups is 3. The van der Waals surface area contributed by atoms with Crippen molar-refractivity contribution in [2.45, 2.75) is 82.7 Å². The molecule has 1 aliphatic carbocycles. The summed E-state index contributed by atoms with van der Waals surface area (Å²) in [6.45, 7) is 10.3. The number of benzene rings is 2. The van der Waals surface area contributed by atoms with Crippen LogP contribution < -0.4 is 10.6 Å². The van der Waals surface area contributed by atoms with Gasteiger partial charge in [0.05, 0.1) is 17.9 Å². The number of nitrogens with zero attached hydrogens (tertiary/aromatic N) is 3. The lowest BCUT2D eigenvalue weighted by Gasteiger charge is -2.36. The average Bonchev–Trinajstić information content (AvgIpc) is 3.72. The van der Waals surface area contributed by atoms with Crippen molar-refractivity contribution < 1.29 is 19.1 Å². The summed E-state index contributed by atoms with van der Waals surface area (Å²) >= 11 is 0. The van der Waals surface area contributed by atoms with Crippen LogP contribution in [0.5, 0.6) is 0 Å². The standard InChI is InChI=1S/C38H49N5O4/c1-26-14-15-30(24-27(26)2)40-35(44)32-31-16-17-38(47-31)33(32)37(46)43(34(38)36(45)39-29-12-7-4-8-13-29)19-9-18-41-20-22-42(23-21-41)25-28-10-5-3-6-11-28/h3,5-6,10-11,14-17,24,29,31-34H,4,7-9,12-13,18-23,25H2,1-2H3,(H,39,45)(H,40,44)/t31-,32-,33+,34?,38+/m0/s1. The van der Waals surface area contributed by atoms with Crippen LogP contribution in [0.3, 0.4) is 0 Å². The highest BCUT2D eigenvalue weighted by Gasteiger charge is 2.72. The summed E-state index contributed by atoms with van der Waals surface area (Å²) in [5.74, 6) is -1.95. The molecule has 0 radical (unpaired) electrons. The van der Waals surface area contributed by atoms with Crippen molar-refractivity contribution >= 4 is 23.4 Å². The van der Waals surface area contributed by atoms with Crippen molar-refractivity contribution in [1.29, 1.82) is 0 Å². The van der Waals surface area contributed by atoms with E-state index in [1.54, 1.807) is 4.90 Å². The van der Waals surface area contributed by atoms with Crippen LogP contribution in [-0.4, -0.2) is 95.5 Å². The first kappa shape index (κ1) is 32.0. The first-order chi connectivity index (χ1) is 22.8. The molecule has 1 spiro atoms. The van der Waals surface area contributed by atoms with Gasteiger partial charge in [-0.05, 0) is 68.5 Å². The van der Waals surface area contributed by atoms with Crippen molar-refractivity contribution in [3.8, 4) is 0 Å². The van der Waals surface area contributed by atoms with E-state index in [0.29, 0.717) is 12.2 Å². The maximum Gasteiger partial charge on any atom is 0.246 e. The van der Waals surface area contributed by atoms with Gasteiger partial charge in [0.15, 0.2) is 0 Å². The van der Waals surface area contributed by atoms with Crippen LogP contribution in [0.2, 0.25) is 0 Å². The second kappa shape index (κ2) is 13.5. The van der Waals surface area contributed by atoms with E-state index in [-0.39, 0.29) is 23.8 Å². The Kier molecular flexibility index (Phi) is 9.22. The molecule has 4 fully saturated rings. The van der Waals surface area contributed by atoms with E-state index in [1.807, 2.05) is 44.2 Å². The summed E-state index contributed by atoms with van der Waals surface area (Å²) in [6.07, 6.45) is 9.34. The number of nitrogens with one attached hydrogen (secondary N) is 2. The molecule has 2 bridgehead atoms. The molecule has 4 aliphatic heterocycles. The third-order valence-electron chi connectivity index (χ3n) is 11.2. The van der Waals surface area contributed by atoms with E-state index >= 15 is 0 Å². The van der Waals surface area contributed by atoms with Crippen LogP contribution in [0, 0.1) is 25.7 Å². The maximum absolute atomic E-state index is 14.4. The fourth-order valence-electron chi connectivity index (χ4n) is 8.56. The van der Waals surface area contributed by atoms with Crippen LogP contribution in [-0.2, 0) is 25.7 Å². The summed E-state index contributed by atoms with van der Waals surface area (Å²) in [6, 6.07) is 15.8. The summed E-state index contributed by atoms with van der Waals surface area (Å²) in [5.41, 5.74) is 3.15. The van der Waals surface area contributed by atoms with Gasteiger partial charge in [0.2, 0.25) is 17.7 Å². The number of hydrogen-bond donors (Lipinski definition) is 2. The van der Waals surface area contributed by atoms with Gasteiger partial charge in [0.25, 0.3) is 0 Å². The number of hydrogen-bond acceptors (Lipinski definition) is 6. The first-order valence-electron chi connectivity index (χ1n) is 17.7. The third kappa shape index (κ3) is 6.37. The number of fused-ring (bicyclic) bond motifs is 1. The highest BCUT2D eigenvalue weighted by Crippen LogP contribution is 2.55. The van der Waals surface area contributed by atoms with E-state index in [0.717, 1.165) is 82.5 Å². The zero-order valence-electron chi connectivity index (χ0n) is 27.8. The van der Waals surface area contributed by atoms with E-state index in [9.17, 15) is 14.4 Å². The molecule has 0 aromatic heterocycles. The minimum atomic E-state index is -1.13. The number of piperazine rings is 1. The van der Waals surface area contributed by atoms with Crippen LogP contribution in [0.15, 0.2) is 60.7 Å². The predicted octanol–water partition coefficient (Wildman–Crippen LogP) is 4.05. The summed E-state index contributed by atoms with van der Waals surface area (Å²) in [4.78, 5) is 49.1. The third-order valence-corrected chi connectivity index (χ3v) is 11.2. The predicted molar refractivity (Wildman–Crippen MR) is 182 cm³/mol. The lowest BCUT2D eigenvalue weighted by molar-refractivity contribution is -0.141. The number of carbonyl (C=O) groups excluding carboxylic acids is 3. The van der Waals surface area contributed by atoms with Crippen molar-refractivity contribution in [3.63, 3.8) is 0 Å². The SMILES string of the molecule is Cc1ccc(NC(=O)[C@H]2[C@@H]3C=C[C@]4(O3)C(C(=O)NC3CCCCC3)N(CCCN3CCN(Cc5ccccc5)CC3)C(=O)[C@@H]24)cc1C. The molecule has 5 atom stereocenters. The quantitative estimate of drug-likeness (QED) is 0.381. The fraction of sp³-hybridized carbons (Fsp3) is 0.553. The van der Waals surface area contributed by atoms with E-state index in [2.05, 4.69) is 50.8 Å². The Balaban J connectivity index is 1.04. The molecule has 9 heteroatoms. The van der Waals surface area contributed by atoms with Crippen molar-refractivity contribution in [3.05, 3.63) is 77.4 Å². The second-order valence-corrected chi connectivity index (χ2v) is 14.3. The van der Waals surface area contributed by atoms with Crippen LogP contribution in [0.4, 0.5) is 5.69 Å². The van der Waals surface area contributed by atoms with E-state index < -0.39 is 29.6 Å². The van der Waals surface area contributed by atoms with E-state index in [1.165, 1.54) is 12.0 Å². The van der Waals surface area contributed by atoms with Gasteiger partial charge in [-0.15, -0.1) is 0 Å². The molecule has 1 unspecified atom stereocenters. The van der Waals surface area contributed by atoms with Crippen molar-refractivity contribution in [1.82, 2.24) is 20.0 Å². The molecule has 2 N–H and O–H groups in total. The summed E-state index contributed by atoms with van der Waals surface area (Å²) in [5, 5.41) is 6.36. The summed E-state index contributed by atoms with van der Waals surface area (Å²) < 4.78 is 6.57. The monoisotopic (exact) mass is 639 g/mol. The van der Waals surface area contributed by atoms with Gasteiger partial charge in [0, 0.05) is 51.0 Å². The number of amides is 3. The second-order valence-electron chi connectivity index (χ2n) is 14.3. The molecule has 3 saturated heterocycles. The Hall–Kier alpha value is -3.53. The van der Waals surface area contributed by atoms with Gasteiger partial charge < -0.3 is 25.2 Å². The van der Waals surface area contributed by atoms with Gasteiger partial charge >= 0.3 is 0 Å². The number of aryl methyl sites for hydroxylation is 2. The lowest BCUT2D eigenvalue weighted by Crippen LogP contribution is -2.56. The molecular weight excluding hydrogens is 590 g/mol. The number of ether oxygens (including phenoxy) is 1. The molecule has 2 aromatic carbocycles. The van der Waals surface area contributed by atoms with Gasteiger partial charge in [-0.3, -0.25) is 19.3 Å². The van der Waals surface area contributed by atoms with Gasteiger partial charge in [-0.25, -0.2) is 0 Å². The Labute approximate surface area is 278 Å². The zero-order chi connectivity index (χ0) is 32.5. The number of anilines is 1. The van der Waals surface area contributed by atoms with Crippen LogP contribution in [0.1, 0.15) is 55.2 Å². The van der Waals surface area contributed by atoms with Gasteiger partial charge in [-0.1, -0.05) is 67.8 Å². The van der Waals surface area contributed by atoms with Crippen LogP contribution in [0.25, 0.3) is 0 Å². The summed E-state index contributed by atoms with van der Waals surface area (Å²) in [7, 11) is 0. The lowest BCUT2D eigenvalue weighted by atomic mass is 9.74. The van der Waals surface area contributed by atoms with Crippen molar-refractivity contribution in [2.24, 2.45) is 11.8 Å². The highest BCUT2D eigenvalue weighted by molar-refractivity contribution is 6.02. The largest absolute Gasteiger partial charge is 0.359 e. The smallest absolute Gasteiger partial charge is 0.246 e. The Bertz CT molecular complexity index is 1500. The molecule has 250 valence electrons. The molecule has 5 aliphatic rings. The topological polar surface area (TPSA) is 94.2 Å². The minimum absolute atomic E-state index is 0.113. The molecule has 2 aromatic rings. The highest BCUT2D eigenvalue weighted by atomic mass is 16.5. The zero-order valence-corrected chi connectivity index (χ0v) is 27.8. The average molecular weight is 640 g/mol. The fourth-order valence-corrected chi connectivity index (χ4v) is 8.56. The van der Waals surface area contributed by atoms with Gasteiger partial charge in [-0.2, -0.15) is 0 Å². The van der Waals surface area contributed by atoms with Gasteiger partial charge in [0.1, 0.15) is 11.6 Å². The Morgan fingerprint density at radius 3 is 2.38 bits per heavy atom. The molecule has 47 heavy (non-hydrogen) atoms.